The highest BCUT2D eigenvalue weighted by Gasteiger charge is 2.00. The quantitative estimate of drug-likeness (QED) is 0.452. The smallest absolute Gasteiger partial charge is 0.0649 e. The van der Waals surface area contributed by atoms with Crippen molar-refractivity contribution in [1.82, 2.24) is 0 Å². The number of rotatable bonds is 9. The van der Waals surface area contributed by atoms with Crippen LogP contribution in [0.5, 0.6) is 0 Å². The third-order valence-electron chi connectivity index (χ3n) is 2.66. The highest BCUT2D eigenvalue weighted by molar-refractivity contribution is 4.96. The highest BCUT2D eigenvalue weighted by Crippen LogP contribution is 2.10. The molecule has 0 aromatic rings. The van der Waals surface area contributed by atoms with Gasteiger partial charge in [-0.1, -0.05) is 51.9 Å². The molecule has 0 saturated heterocycles. The van der Waals surface area contributed by atoms with Crippen LogP contribution in [0.15, 0.2) is 0 Å². The maximum absolute atomic E-state index is 9.52. The molecular formula is C14H26O. The van der Waals surface area contributed by atoms with Crippen molar-refractivity contribution in [2.75, 3.05) is 0 Å². The Hall–Kier alpha value is -0.480. The summed E-state index contributed by atoms with van der Waals surface area (Å²) in [6, 6.07) is 0. The first-order valence-electron chi connectivity index (χ1n) is 6.39. The molecule has 0 aromatic heterocycles. The molecule has 0 saturated carbocycles. The fourth-order valence-corrected chi connectivity index (χ4v) is 1.66. The van der Waals surface area contributed by atoms with Crippen LogP contribution < -0.4 is 0 Å². The number of unbranched alkanes of at least 4 members (excludes halogenated alkanes) is 6. The molecule has 1 atom stereocenters. The Morgan fingerprint density at radius 1 is 1.00 bits per heavy atom. The van der Waals surface area contributed by atoms with Crippen LogP contribution in [0, 0.1) is 11.8 Å². The molecule has 0 rings (SSSR count). The molecule has 0 radical (unpaired) electrons. The first-order valence-corrected chi connectivity index (χ1v) is 6.39. The van der Waals surface area contributed by atoms with E-state index in [1.165, 1.54) is 38.5 Å². The number of aliphatic hydroxyl groups excluding tert-OH is 1. The molecule has 0 fully saturated rings. The van der Waals surface area contributed by atoms with E-state index in [-0.39, 0.29) is 6.10 Å². The fourth-order valence-electron chi connectivity index (χ4n) is 1.66. The van der Waals surface area contributed by atoms with Gasteiger partial charge in [-0.25, -0.2) is 0 Å². The summed E-state index contributed by atoms with van der Waals surface area (Å²) >= 11 is 0. The summed E-state index contributed by atoms with van der Waals surface area (Å²) in [6.07, 6.45) is 10.5. The molecule has 1 heteroatoms. The zero-order valence-corrected chi connectivity index (χ0v) is 10.4. The van der Waals surface area contributed by atoms with Gasteiger partial charge in [0.2, 0.25) is 0 Å². The van der Waals surface area contributed by atoms with Gasteiger partial charge in [0.05, 0.1) is 6.10 Å². The van der Waals surface area contributed by atoms with Gasteiger partial charge in [0.1, 0.15) is 0 Å². The van der Waals surface area contributed by atoms with E-state index in [1.54, 1.807) is 0 Å². The molecule has 0 aromatic carbocycles. The first kappa shape index (κ1) is 14.5. The second-order valence-corrected chi connectivity index (χ2v) is 4.19. The molecule has 0 bridgehead atoms. The summed E-state index contributed by atoms with van der Waals surface area (Å²) in [7, 11) is 0. The van der Waals surface area contributed by atoms with Gasteiger partial charge in [-0.15, -0.1) is 11.8 Å². The highest BCUT2D eigenvalue weighted by atomic mass is 16.3. The van der Waals surface area contributed by atoms with E-state index < -0.39 is 0 Å². The van der Waals surface area contributed by atoms with Gasteiger partial charge in [-0.2, -0.15) is 0 Å². The fraction of sp³-hybridized carbons (Fsp3) is 0.857. The average Bonchev–Trinajstić information content (AvgIpc) is 2.25. The van der Waals surface area contributed by atoms with Gasteiger partial charge < -0.3 is 5.11 Å². The number of hydrogen-bond acceptors (Lipinski definition) is 1. The van der Waals surface area contributed by atoms with Crippen LogP contribution in [0.1, 0.15) is 71.6 Å². The van der Waals surface area contributed by atoms with Crippen molar-refractivity contribution in [2.24, 2.45) is 0 Å². The normalized spacial score (nSPS) is 11.9. The maximum Gasteiger partial charge on any atom is 0.0649 e. The van der Waals surface area contributed by atoms with Gasteiger partial charge in [-0.3, -0.25) is 0 Å². The van der Waals surface area contributed by atoms with Crippen LogP contribution in [0.25, 0.3) is 0 Å². The third-order valence-corrected chi connectivity index (χ3v) is 2.66. The molecule has 1 N–H and O–H groups in total. The van der Waals surface area contributed by atoms with Crippen molar-refractivity contribution in [1.29, 1.82) is 0 Å². The van der Waals surface area contributed by atoms with E-state index in [1.807, 2.05) is 6.92 Å². The summed E-state index contributed by atoms with van der Waals surface area (Å²) in [5, 5.41) is 9.52. The van der Waals surface area contributed by atoms with Crippen LogP contribution in [0.4, 0.5) is 0 Å². The minimum absolute atomic E-state index is 0.201. The second-order valence-electron chi connectivity index (χ2n) is 4.19. The lowest BCUT2D eigenvalue weighted by atomic mass is 10.1. The van der Waals surface area contributed by atoms with E-state index in [0.29, 0.717) is 6.42 Å². The molecule has 0 aliphatic heterocycles. The molecule has 15 heavy (non-hydrogen) atoms. The van der Waals surface area contributed by atoms with Gasteiger partial charge in [-0.05, 0) is 13.3 Å². The van der Waals surface area contributed by atoms with Gasteiger partial charge in [0, 0.05) is 6.42 Å². The Morgan fingerprint density at radius 2 is 1.60 bits per heavy atom. The lowest BCUT2D eigenvalue weighted by molar-refractivity contribution is 0.166. The van der Waals surface area contributed by atoms with E-state index in [0.717, 1.165) is 12.8 Å². The molecule has 0 heterocycles. The van der Waals surface area contributed by atoms with Gasteiger partial charge in [0.15, 0.2) is 0 Å². The van der Waals surface area contributed by atoms with Crippen molar-refractivity contribution < 1.29 is 5.11 Å². The SMILES string of the molecule is CC#CCC(O)CCCCCCCCC. The lowest BCUT2D eigenvalue weighted by Crippen LogP contribution is -2.04. The predicted molar refractivity (Wildman–Crippen MR) is 66.7 cm³/mol. The van der Waals surface area contributed by atoms with Crippen LogP contribution >= 0.6 is 0 Å². The van der Waals surface area contributed by atoms with E-state index >= 15 is 0 Å². The monoisotopic (exact) mass is 210 g/mol. The van der Waals surface area contributed by atoms with Crippen LogP contribution in [0.3, 0.4) is 0 Å². The molecule has 0 amide bonds. The molecule has 0 spiro atoms. The Kier molecular flexibility index (Phi) is 11.2. The van der Waals surface area contributed by atoms with Gasteiger partial charge >= 0.3 is 0 Å². The zero-order valence-electron chi connectivity index (χ0n) is 10.4. The van der Waals surface area contributed by atoms with E-state index in [2.05, 4.69) is 18.8 Å². The summed E-state index contributed by atoms with van der Waals surface area (Å²) in [4.78, 5) is 0. The first-order chi connectivity index (χ1) is 7.31. The molecular weight excluding hydrogens is 184 g/mol. The Balaban J connectivity index is 3.11. The summed E-state index contributed by atoms with van der Waals surface area (Å²) in [5.41, 5.74) is 0. The van der Waals surface area contributed by atoms with E-state index in [9.17, 15) is 5.11 Å². The predicted octanol–water partition coefficient (Wildman–Crippen LogP) is 3.90. The Labute approximate surface area is 95.3 Å². The number of hydrogen-bond donors (Lipinski definition) is 1. The number of aliphatic hydroxyl groups is 1. The maximum atomic E-state index is 9.52. The minimum atomic E-state index is -0.201. The molecule has 0 aliphatic carbocycles. The van der Waals surface area contributed by atoms with Crippen molar-refractivity contribution in [2.45, 2.75) is 77.7 Å². The second kappa shape index (κ2) is 11.6. The van der Waals surface area contributed by atoms with E-state index in [4.69, 9.17) is 0 Å². The molecule has 0 aliphatic rings. The molecule has 1 nitrogen and oxygen atoms in total. The van der Waals surface area contributed by atoms with Gasteiger partial charge in [0.25, 0.3) is 0 Å². The van der Waals surface area contributed by atoms with Crippen LogP contribution in [-0.2, 0) is 0 Å². The lowest BCUT2D eigenvalue weighted by Gasteiger charge is -2.06. The Bertz CT molecular complexity index is 176. The minimum Gasteiger partial charge on any atom is -0.392 e. The van der Waals surface area contributed by atoms with Crippen molar-refractivity contribution in [3.8, 4) is 11.8 Å². The van der Waals surface area contributed by atoms with Crippen LogP contribution in [0.2, 0.25) is 0 Å². The van der Waals surface area contributed by atoms with Crippen molar-refractivity contribution >= 4 is 0 Å². The molecule has 88 valence electrons. The topological polar surface area (TPSA) is 20.2 Å². The third kappa shape index (κ3) is 11.4. The summed E-state index contributed by atoms with van der Waals surface area (Å²) in [6.45, 7) is 4.06. The zero-order chi connectivity index (χ0) is 11.4. The average molecular weight is 210 g/mol. The van der Waals surface area contributed by atoms with Crippen molar-refractivity contribution in [3.05, 3.63) is 0 Å². The standard InChI is InChI=1S/C14H26O/c1-3-5-7-8-9-10-11-13-14(15)12-6-4-2/h14-15H,3,5,7-13H2,1-2H3. The summed E-state index contributed by atoms with van der Waals surface area (Å²) < 4.78 is 0. The van der Waals surface area contributed by atoms with Crippen LogP contribution in [-0.4, -0.2) is 11.2 Å². The Morgan fingerprint density at radius 3 is 2.20 bits per heavy atom. The molecule has 1 unspecified atom stereocenters. The largest absolute Gasteiger partial charge is 0.392 e. The van der Waals surface area contributed by atoms with Crippen molar-refractivity contribution in [3.63, 3.8) is 0 Å². The summed E-state index contributed by atoms with van der Waals surface area (Å²) in [5.74, 6) is 5.73.